The van der Waals surface area contributed by atoms with Crippen LogP contribution in [0.15, 0.2) is 5.38 Å². The largest absolute Gasteiger partial charge is 0.320 e. The molecule has 0 bridgehead atoms. The highest BCUT2D eigenvalue weighted by Gasteiger charge is 2.04. The van der Waals surface area contributed by atoms with Crippen molar-refractivity contribution in [2.45, 2.75) is 19.9 Å². The normalized spacial score (nSPS) is 10.8. The van der Waals surface area contributed by atoms with E-state index in [4.69, 9.17) is 11.6 Å². The van der Waals surface area contributed by atoms with Crippen molar-refractivity contribution in [1.29, 1.82) is 0 Å². The first-order chi connectivity index (χ1) is 6.75. The van der Waals surface area contributed by atoms with Crippen molar-refractivity contribution in [3.63, 3.8) is 0 Å². The van der Waals surface area contributed by atoms with Crippen molar-refractivity contribution in [1.82, 2.24) is 10.6 Å². The molecular formula is C10H17ClN2S. The maximum absolute atomic E-state index is 6.11. The van der Waals surface area contributed by atoms with Gasteiger partial charge in [-0.05, 0) is 44.4 Å². The molecule has 0 saturated carbocycles. The summed E-state index contributed by atoms with van der Waals surface area (Å²) in [4.78, 5) is 1.24. The van der Waals surface area contributed by atoms with E-state index >= 15 is 0 Å². The van der Waals surface area contributed by atoms with E-state index in [1.54, 1.807) is 11.3 Å². The van der Waals surface area contributed by atoms with E-state index in [1.165, 1.54) is 10.4 Å². The van der Waals surface area contributed by atoms with Gasteiger partial charge in [-0.25, -0.2) is 0 Å². The van der Waals surface area contributed by atoms with Crippen LogP contribution in [0, 0.1) is 6.92 Å². The first-order valence-electron chi connectivity index (χ1n) is 4.83. The molecule has 0 aliphatic heterocycles. The maximum atomic E-state index is 6.11. The molecule has 0 fully saturated rings. The summed E-state index contributed by atoms with van der Waals surface area (Å²) in [7, 11) is 1.97. The van der Waals surface area contributed by atoms with Crippen molar-refractivity contribution in [3.8, 4) is 0 Å². The lowest BCUT2D eigenvalue weighted by molar-refractivity contribution is 0.629. The third-order valence-corrected chi connectivity index (χ3v) is 3.78. The summed E-state index contributed by atoms with van der Waals surface area (Å²) in [5.74, 6) is 0. The van der Waals surface area contributed by atoms with Crippen LogP contribution < -0.4 is 10.6 Å². The van der Waals surface area contributed by atoms with Crippen molar-refractivity contribution < 1.29 is 0 Å². The fourth-order valence-electron chi connectivity index (χ4n) is 1.19. The van der Waals surface area contributed by atoms with Crippen molar-refractivity contribution in [3.05, 3.63) is 20.8 Å². The van der Waals surface area contributed by atoms with Crippen LogP contribution in [0.2, 0.25) is 5.02 Å². The molecule has 1 heterocycles. The third kappa shape index (κ3) is 3.58. The lowest BCUT2D eigenvalue weighted by Crippen LogP contribution is -2.19. The van der Waals surface area contributed by atoms with E-state index in [0.29, 0.717) is 0 Å². The minimum absolute atomic E-state index is 0.890. The molecule has 0 saturated heterocycles. The summed E-state index contributed by atoms with van der Waals surface area (Å²) >= 11 is 7.84. The van der Waals surface area contributed by atoms with Gasteiger partial charge in [-0.3, -0.25) is 0 Å². The van der Waals surface area contributed by atoms with Crippen LogP contribution in [-0.2, 0) is 6.54 Å². The average Bonchev–Trinajstić information content (AvgIpc) is 2.49. The Morgan fingerprint density at radius 2 is 2.21 bits per heavy atom. The second-order valence-electron chi connectivity index (χ2n) is 3.29. The van der Waals surface area contributed by atoms with Crippen molar-refractivity contribution in [2.75, 3.05) is 20.1 Å². The van der Waals surface area contributed by atoms with Gasteiger partial charge in [0.05, 0.1) is 5.02 Å². The van der Waals surface area contributed by atoms with E-state index in [1.807, 2.05) is 14.0 Å². The molecule has 0 aliphatic carbocycles. The summed E-state index contributed by atoms with van der Waals surface area (Å²) in [6.45, 7) is 5.03. The first kappa shape index (κ1) is 12.0. The molecule has 0 aromatic carbocycles. The fourth-order valence-corrected chi connectivity index (χ4v) is 2.40. The molecule has 4 heteroatoms. The molecule has 80 valence electrons. The highest BCUT2D eigenvalue weighted by atomic mass is 35.5. The Hall–Kier alpha value is -0.0900. The molecule has 2 N–H and O–H groups in total. The Morgan fingerprint density at radius 3 is 2.79 bits per heavy atom. The number of hydrogen-bond acceptors (Lipinski definition) is 3. The van der Waals surface area contributed by atoms with Gasteiger partial charge < -0.3 is 10.6 Å². The Bertz CT molecular complexity index is 273. The average molecular weight is 233 g/mol. The van der Waals surface area contributed by atoms with Gasteiger partial charge in [-0.15, -0.1) is 11.3 Å². The summed E-state index contributed by atoms with van der Waals surface area (Å²) in [6.07, 6.45) is 1.15. The number of nitrogens with one attached hydrogen (secondary N) is 2. The summed E-state index contributed by atoms with van der Waals surface area (Å²) in [5.41, 5.74) is 1.18. The van der Waals surface area contributed by atoms with Crippen molar-refractivity contribution >= 4 is 22.9 Å². The predicted molar refractivity (Wildman–Crippen MR) is 64.3 cm³/mol. The highest BCUT2D eigenvalue weighted by molar-refractivity contribution is 7.10. The molecular weight excluding hydrogens is 216 g/mol. The highest BCUT2D eigenvalue weighted by Crippen LogP contribution is 2.26. The number of rotatable bonds is 6. The molecule has 1 rings (SSSR count). The summed E-state index contributed by atoms with van der Waals surface area (Å²) in [6, 6.07) is 0. The smallest absolute Gasteiger partial charge is 0.0587 e. The van der Waals surface area contributed by atoms with Crippen LogP contribution in [-0.4, -0.2) is 20.1 Å². The zero-order valence-electron chi connectivity index (χ0n) is 8.69. The van der Waals surface area contributed by atoms with Gasteiger partial charge >= 0.3 is 0 Å². The van der Waals surface area contributed by atoms with Crippen molar-refractivity contribution in [2.24, 2.45) is 0 Å². The number of aryl methyl sites for hydroxylation is 1. The molecule has 0 aliphatic rings. The monoisotopic (exact) mass is 232 g/mol. The predicted octanol–water partition coefficient (Wildman–Crippen LogP) is 2.41. The van der Waals surface area contributed by atoms with Gasteiger partial charge in [-0.2, -0.15) is 0 Å². The molecule has 0 unspecified atom stereocenters. The topological polar surface area (TPSA) is 24.1 Å². The summed E-state index contributed by atoms with van der Waals surface area (Å²) < 4.78 is 0. The van der Waals surface area contributed by atoms with Crippen LogP contribution in [0.3, 0.4) is 0 Å². The van der Waals surface area contributed by atoms with Gasteiger partial charge in [0, 0.05) is 11.4 Å². The molecule has 0 atom stereocenters. The molecule has 1 aromatic heterocycles. The van der Waals surface area contributed by atoms with Gasteiger partial charge in [0.15, 0.2) is 0 Å². The minimum Gasteiger partial charge on any atom is -0.320 e. The number of hydrogen-bond donors (Lipinski definition) is 2. The molecule has 14 heavy (non-hydrogen) atoms. The van der Waals surface area contributed by atoms with E-state index in [-0.39, 0.29) is 0 Å². The molecule has 0 radical (unpaired) electrons. The zero-order valence-corrected chi connectivity index (χ0v) is 10.3. The SMILES string of the molecule is CNCCCNCc1scc(C)c1Cl. The third-order valence-electron chi connectivity index (χ3n) is 2.03. The standard InChI is InChI=1S/C10H17ClN2S/c1-8-7-14-9(10(8)11)6-13-5-3-4-12-2/h7,12-13H,3-6H2,1-2H3. The maximum Gasteiger partial charge on any atom is 0.0587 e. The molecule has 0 spiro atoms. The first-order valence-corrected chi connectivity index (χ1v) is 6.09. The molecule has 0 amide bonds. The second-order valence-corrected chi connectivity index (χ2v) is 4.63. The van der Waals surface area contributed by atoms with E-state index in [0.717, 1.165) is 31.1 Å². The van der Waals surface area contributed by atoms with E-state index in [9.17, 15) is 0 Å². The molecule has 2 nitrogen and oxygen atoms in total. The van der Waals surface area contributed by atoms with Crippen LogP contribution in [0.1, 0.15) is 16.9 Å². The van der Waals surface area contributed by atoms with Gasteiger partial charge in [-0.1, -0.05) is 11.6 Å². The summed E-state index contributed by atoms with van der Waals surface area (Å²) in [5, 5.41) is 9.53. The van der Waals surface area contributed by atoms with Crippen LogP contribution in [0.25, 0.3) is 0 Å². The van der Waals surface area contributed by atoms with Crippen LogP contribution in [0.4, 0.5) is 0 Å². The van der Waals surface area contributed by atoms with Gasteiger partial charge in [0.2, 0.25) is 0 Å². The quantitative estimate of drug-likeness (QED) is 0.737. The van der Waals surface area contributed by atoms with Crippen LogP contribution in [0.5, 0.6) is 0 Å². The number of thiophene rings is 1. The fraction of sp³-hybridized carbons (Fsp3) is 0.600. The minimum atomic E-state index is 0.890. The Labute approximate surface area is 94.7 Å². The Kier molecular flexibility index (Phi) is 5.48. The van der Waals surface area contributed by atoms with Gasteiger partial charge in [0.25, 0.3) is 0 Å². The van der Waals surface area contributed by atoms with Crippen LogP contribution >= 0.6 is 22.9 Å². The zero-order chi connectivity index (χ0) is 10.4. The number of halogens is 1. The lowest BCUT2D eigenvalue weighted by Gasteiger charge is -2.03. The second kappa shape index (κ2) is 6.40. The lowest BCUT2D eigenvalue weighted by atomic mass is 10.3. The van der Waals surface area contributed by atoms with E-state index in [2.05, 4.69) is 16.0 Å². The molecule has 1 aromatic rings. The Balaban J connectivity index is 2.21. The van der Waals surface area contributed by atoms with E-state index < -0.39 is 0 Å². The van der Waals surface area contributed by atoms with Gasteiger partial charge in [0.1, 0.15) is 0 Å². The Morgan fingerprint density at radius 1 is 1.43 bits per heavy atom.